The Balaban J connectivity index is 1.98. The van der Waals surface area contributed by atoms with E-state index in [1.54, 1.807) is 18.2 Å². The number of aromatic nitrogens is 2. The van der Waals surface area contributed by atoms with E-state index in [1.165, 1.54) is 10.6 Å². The number of benzene rings is 2. The lowest BCUT2D eigenvalue weighted by Crippen LogP contribution is -2.40. The number of carbonyl (C=O) groups excluding carboxylic acids is 2. The standard InChI is InChI=1S/C21H19ClN4O3S/c1-3-10-23-20(29)25-18(27)12-30-21-24-16-11-14(22)8-9-15(16)19(28)26(21)17-7-5-4-6-13(17)2/h3-9,11H,1,10,12H2,2H3,(H2,23,25,27,29). The lowest BCUT2D eigenvalue weighted by Gasteiger charge is -2.15. The molecule has 0 radical (unpaired) electrons. The molecule has 7 nitrogen and oxygen atoms in total. The third kappa shape index (κ3) is 4.90. The third-order valence-corrected chi connectivity index (χ3v) is 5.32. The molecule has 0 bridgehead atoms. The first kappa shape index (κ1) is 21.6. The van der Waals surface area contributed by atoms with Crippen molar-refractivity contribution in [3.63, 3.8) is 0 Å². The van der Waals surface area contributed by atoms with Crippen molar-refractivity contribution in [1.29, 1.82) is 0 Å². The average molecular weight is 443 g/mol. The Labute approximate surface area is 182 Å². The summed E-state index contributed by atoms with van der Waals surface area (Å²) < 4.78 is 1.47. The Hall–Kier alpha value is -3.10. The molecule has 0 saturated heterocycles. The van der Waals surface area contributed by atoms with Crippen molar-refractivity contribution < 1.29 is 9.59 Å². The molecule has 0 aliphatic rings. The molecule has 1 aromatic heterocycles. The average Bonchev–Trinajstić information content (AvgIpc) is 2.71. The van der Waals surface area contributed by atoms with E-state index in [9.17, 15) is 14.4 Å². The minimum absolute atomic E-state index is 0.105. The van der Waals surface area contributed by atoms with Gasteiger partial charge in [-0.05, 0) is 36.8 Å². The van der Waals surface area contributed by atoms with Crippen LogP contribution < -0.4 is 16.2 Å². The smallest absolute Gasteiger partial charge is 0.321 e. The summed E-state index contributed by atoms with van der Waals surface area (Å²) in [6.07, 6.45) is 1.50. The van der Waals surface area contributed by atoms with Crippen molar-refractivity contribution in [2.45, 2.75) is 12.1 Å². The molecule has 30 heavy (non-hydrogen) atoms. The number of halogens is 1. The van der Waals surface area contributed by atoms with Crippen LogP contribution in [0.4, 0.5) is 4.79 Å². The predicted molar refractivity (Wildman–Crippen MR) is 120 cm³/mol. The van der Waals surface area contributed by atoms with Gasteiger partial charge in [0, 0.05) is 11.6 Å². The molecule has 0 aliphatic heterocycles. The first-order chi connectivity index (χ1) is 14.4. The molecule has 0 unspecified atom stereocenters. The molecule has 0 aliphatic carbocycles. The molecule has 9 heteroatoms. The SMILES string of the molecule is C=CCNC(=O)NC(=O)CSc1nc2cc(Cl)ccc2c(=O)n1-c1ccccc1C. The van der Waals surface area contributed by atoms with Crippen molar-refractivity contribution in [2.75, 3.05) is 12.3 Å². The van der Waals surface area contributed by atoms with Gasteiger partial charge in [0.2, 0.25) is 5.91 Å². The van der Waals surface area contributed by atoms with Gasteiger partial charge in [0.05, 0.1) is 22.3 Å². The van der Waals surface area contributed by atoms with Gasteiger partial charge in [0.25, 0.3) is 5.56 Å². The zero-order valence-electron chi connectivity index (χ0n) is 16.1. The second-order valence-corrected chi connectivity index (χ2v) is 7.70. The largest absolute Gasteiger partial charge is 0.334 e. The van der Waals surface area contributed by atoms with E-state index < -0.39 is 11.9 Å². The predicted octanol–water partition coefficient (Wildman–Crippen LogP) is 3.45. The van der Waals surface area contributed by atoms with E-state index >= 15 is 0 Å². The summed E-state index contributed by atoms with van der Waals surface area (Å²) in [5, 5.41) is 5.88. The summed E-state index contributed by atoms with van der Waals surface area (Å²) in [6.45, 7) is 5.62. The van der Waals surface area contributed by atoms with Crippen LogP contribution in [-0.2, 0) is 4.79 Å². The van der Waals surface area contributed by atoms with Crippen LogP contribution in [0.3, 0.4) is 0 Å². The summed E-state index contributed by atoms with van der Waals surface area (Å²) in [6, 6.07) is 11.7. The first-order valence-electron chi connectivity index (χ1n) is 9.00. The van der Waals surface area contributed by atoms with Crippen LogP contribution in [0, 0.1) is 6.92 Å². The summed E-state index contributed by atoms with van der Waals surface area (Å²) in [5.74, 6) is -0.621. The number of para-hydroxylation sites is 1. The molecule has 3 aromatic rings. The highest BCUT2D eigenvalue weighted by molar-refractivity contribution is 7.99. The van der Waals surface area contributed by atoms with Gasteiger partial charge in [-0.1, -0.05) is 47.6 Å². The number of hydrogen-bond donors (Lipinski definition) is 2. The van der Waals surface area contributed by atoms with Crippen molar-refractivity contribution in [3.8, 4) is 5.69 Å². The molecule has 2 aromatic carbocycles. The van der Waals surface area contributed by atoms with Crippen LogP contribution in [0.5, 0.6) is 0 Å². The van der Waals surface area contributed by atoms with Crippen molar-refractivity contribution in [2.24, 2.45) is 0 Å². The van der Waals surface area contributed by atoms with Gasteiger partial charge in [0.15, 0.2) is 5.16 Å². The maximum absolute atomic E-state index is 13.2. The van der Waals surface area contributed by atoms with E-state index in [0.29, 0.717) is 26.8 Å². The van der Waals surface area contributed by atoms with Crippen molar-refractivity contribution >= 4 is 46.2 Å². The molecule has 0 atom stereocenters. The Morgan fingerprint density at radius 3 is 2.77 bits per heavy atom. The van der Waals surface area contributed by atoms with Gasteiger partial charge in [-0.2, -0.15) is 0 Å². The van der Waals surface area contributed by atoms with Crippen LogP contribution in [-0.4, -0.2) is 33.8 Å². The number of rotatable bonds is 6. The number of imide groups is 1. The number of amides is 3. The molecule has 3 rings (SSSR count). The van der Waals surface area contributed by atoms with Crippen LogP contribution in [0.25, 0.3) is 16.6 Å². The van der Waals surface area contributed by atoms with Crippen molar-refractivity contribution in [3.05, 3.63) is 76.1 Å². The number of nitrogens with one attached hydrogen (secondary N) is 2. The normalized spacial score (nSPS) is 10.6. The molecular formula is C21H19ClN4O3S. The highest BCUT2D eigenvalue weighted by Gasteiger charge is 2.17. The Bertz CT molecular complexity index is 1190. The van der Waals surface area contributed by atoms with Crippen LogP contribution in [0.15, 0.2) is 65.1 Å². The molecule has 3 amide bonds. The number of hydrogen-bond acceptors (Lipinski definition) is 5. The number of urea groups is 1. The summed E-state index contributed by atoms with van der Waals surface area (Å²) in [7, 11) is 0. The van der Waals surface area contributed by atoms with Crippen molar-refractivity contribution in [1.82, 2.24) is 20.2 Å². The fraction of sp³-hybridized carbons (Fsp3) is 0.143. The van der Waals surface area contributed by atoms with E-state index in [0.717, 1.165) is 17.3 Å². The second-order valence-electron chi connectivity index (χ2n) is 6.32. The molecule has 2 N–H and O–H groups in total. The van der Waals surface area contributed by atoms with Crippen LogP contribution >= 0.6 is 23.4 Å². The molecule has 0 spiro atoms. The fourth-order valence-corrected chi connectivity index (χ4v) is 3.74. The number of nitrogens with zero attached hydrogens (tertiary/aromatic N) is 2. The topological polar surface area (TPSA) is 93.1 Å². The zero-order valence-corrected chi connectivity index (χ0v) is 17.7. The third-order valence-electron chi connectivity index (χ3n) is 4.15. The second kappa shape index (κ2) is 9.60. The highest BCUT2D eigenvalue weighted by atomic mass is 35.5. The Kier molecular flexibility index (Phi) is 6.91. The molecule has 1 heterocycles. The molecule has 0 fully saturated rings. The maximum atomic E-state index is 13.2. The maximum Gasteiger partial charge on any atom is 0.321 e. The summed E-state index contributed by atoms with van der Waals surface area (Å²) in [4.78, 5) is 41.6. The Morgan fingerprint density at radius 1 is 1.27 bits per heavy atom. The Morgan fingerprint density at radius 2 is 2.03 bits per heavy atom. The van der Waals surface area contributed by atoms with Gasteiger partial charge >= 0.3 is 6.03 Å². The first-order valence-corrected chi connectivity index (χ1v) is 10.4. The number of fused-ring (bicyclic) bond motifs is 1. The fourth-order valence-electron chi connectivity index (χ4n) is 2.76. The molecule has 0 saturated carbocycles. The minimum atomic E-state index is -0.616. The van der Waals surface area contributed by atoms with Crippen LogP contribution in [0.2, 0.25) is 5.02 Å². The van der Waals surface area contributed by atoms with E-state index in [-0.39, 0.29) is 17.9 Å². The monoisotopic (exact) mass is 442 g/mol. The quantitative estimate of drug-likeness (QED) is 0.346. The summed E-state index contributed by atoms with van der Waals surface area (Å²) >= 11 is 7.12. The van der Waals surface area contributed by atoms with E-state index in [1.807, 2.05) is 31.2 Å². The lowest BCUT2D eigenvalue weighted by molar-refractivity contribution is -0.117. The van der Waals surface area contributed by atoms with Gasteiger partial charge in [-0.25, -0.2) is 9.78 Å². The van der Waals surface area contributed by atoms with Gasteiger partial charge in [-0.15, -0.1) is 6.58 Å². The minimum Gasteiger partial charge on any atom is -0.334 e. The highest BCUT2D eigenvalue weighted by Crippen LogP contribution is 2.24. The van der Waals surface area contributed by atoms with Gasteiger partial charge in [0.1, 0.15) is 0 Å². The molecular weight excluding hydrogens is 424 g/mol. The van der Waals surface area contributed by atoms with Crippen LogP contribution in [0.1, 0.15) is 5.56 Å². The van der Waals surface area contributed by atoms with Gasteiger partial charge < -0.3 is 5.32 Å². The number of thioether (sulfide) groups is 1. The lowest BCUT2D eigenvalue weighted by atomic mass is 10.2. The number of carbonyl (C=O) groups is 2. The van der Waals surface area contributed by atoms with E-state index in [2.05, 4.69) is 22.2 Å². The molecule has 154 valence electrons. The summed E-state index contributed by atoms with van der Waals surface area (Å²) in [5.41, 5.74) is 1.71. The zero-order chi connectivity index (χ0) is 21.7. The van der Waals surface area contributed by atoms with E-state index in [4.69, 9.17) is 11.6 Å². The van der Waals surface area contributed by atoms with Gasteiger partial charge in [-0.3, -0.25) is 19.5 Å². The number of aryl methyl sites for hydroxylation is 1.